The van der Waals surface area contributed by atoms with Gasteiger partial charge in [0.1, 0.15) is 6.10 Å². The van der Waals surface area contributed by atoms with Gasteiger partial charge in [0.05, 0.1) is 0 Å². The molecule has 3 nitrogen and oxygen atoms in total. The van der Waals surface area contributed by atoms with Crippen LogP contribution in [0.1, 0.15) is 11.7 Å². The van der Waals surface area contributed by atoms with E-state index >= 15 is 0 Å². The number of rotatable bonds is 2. The monoisotopic (exact) mass is 238 g/mol. The van der Waals surface area contributed by atoms with E-state index in [9.17, 15) is 4.79 Å². The molecule has 1 heterocycles. The molecule has 2 atom stereocenters. The zero-order valence-electron chi connectivity index (χ0n) is 6.61. The van der Waals surface area contributed by atoms with Crippen molar-refractivity contribution in [3.05, 3.63) is 34.9 Å². The molecule has 0 bridgehead atoms. The molecular weight excluding hydrogens is 231 g/mol. The van der Waals surface area contributed by atoms with Crippen LogP contribution in [0.5, 0.6) is 0 Å². The van der Waals surface area contributed by atoms with Crippen LogP contribution in [0.3, 0.4) is 0 Å². The number of carboxylic acids is 1. The average molecular weight is 239 g/mol. The van der Waals surface area contributed by atoms with Crippen molar-refractivity contribution in [2.45, 2.75) is 12.2 Å². The Kier molecular flexibility index (Phi) is 4.58. The Balaban J connectivity index is 0.000000980. The van der Waals surface area contributed by atoms with Crippen LogP contribution in [0, 0.1) is 0 Å². The summed E-state index contributed by atoms with van der Waals surface area (Å²) in [5, 5.41) is 9.16. The van der Waals surface area contributed by atoms with E-state index in [0.29, 0.717) is 5.02 Å². The van der Waals surface area contributed by atoms with Crippen LogP contribution < -0.4 is 0 Å². The first-order valence-corrected chi connectivity index (χ1v) is 4.20. The van der Waals surface area contributed by atoms with E-state index in [0.717, 1.165) is 5.56 Å². The Bertz CT molecular complexity index is 356. The van der Waals surface area contributed by atoms with Crippen molar-refractivity contribution in [2.24, 2.45) is 0 Å². The van der Waals surface area contributed by atoms with E-state index in [2.05, 4.69) is 0 Å². The quantitative estimate of drug-likeness (QED) is 0.623. The fourth-order valence-electron chi connectivity index (χ4n) is 1.24. The molecule has 5 heteroatoms. The summed E-state index contributed by atoms with van der Waals surface area (Å²) in [5.41, 5.74) is 0.747. The summed E-state index contributed by atoms with van der Waals surface area (Å²) in [7, 11) is 0. The van der Waals surface area contributed by atoms with Gasteiger partial charge in [-0.15, -0.1) is 0 Å². The van der Waals surface area contributed by atoms with Crippen LogP contribution in [-0.4, -0.2) is 68.6 Å². The van der Waals surface area contributed by atoms with Crippen molar-refractivity contribution in [3.8, 4) is 0 Å². The first kappa shape index (κ1) is 12.6. The number of hydrogen-bond donors (Lipinski definition) is 1. The van der Waals surface area contributed by atoms with Gasteiger partial charge in [-0.2, -0.15) is 0 Å². The predicted octanol–water partition coefficient (Wildman–Crippen LogP) is 1.22. The topological polar surface area (TPSA) is 49.8 Å². The molecule has 0 aromatic heterocycles. The summed E-state index contributed by atoms with van der Waals surface area (Å²) in [6.07, 6.45) is -1.09. The molecular formula is C9H8ClKO3. The van der Waals surface area contributed by atoms with Crippen LogP contribution in [0.2, 0.25) is 5.02 Å². The normalized spacial score (nSPS) is 23.8. The second-order valence-corrected chi connectivity index (χ2v) is 3.24. The second-order valence-electron chi connectivity index (χ2n) is 2.84. The van der Waals surface area contributed by atoms with Crippen LogP contribution in [-0.2, 0) is 9.53 Å². The zero-order valence-corrected chi connectivity index (χ0v) is 7.36. The van der Waals surface area contributed by atoms with E-state index in [1.807, 2.05) is 6.07 Å². The molecule has 1 aromatic rings. The molecule has 0 amide bonds. The summed E-state index contributed by atoms with van der Waals surface area (Å²) in [5.74, 6) is -0.940. The van der Waals surface area contributed by atoms with Crippen LogP contribution >= 0.6 is 11.6 Å². The Morgan fingerprint density at radius 1 is 1.43 bits per heavy atom. The van der Waals surface area contributed by atoms with Crippen molar-refractivity contribution in [3.63, 3.8) is 0 Å². The zero-order chi connectivity index (χ0) is 9.42. The first-order valence-electron chi connectivity index (χ1n) is 3.83. The van der Waals surface area contributed by atoms with E-state index in [-0.39, 0.29) is 57.5 Å². The fourth-order valence-corrected chi connectivity index (χ4v) is 1.49. The number of ether oxygens (including phenoxy) is 1. The number of carbonyl (C=O) groups is 1. The molecule has 1 fully saturated rings. The molecule has 2 unspecified atom stereocenters. The molecule has 1 aromatic carbocycles. The Morgan fingerprint density at radius 2 is 2.07 bits per heavy atom. The van der Waals surface area contributed by atoms with Crippen molar-refractivity contribution in [1.82, 2.24) is 0 Å². The summed E-state index contributed by atoms with van der Waals surface area (Å²) >= 11 is 5.86. The Hall–Kier alpha value is 0.576. The van der Waals surface area contributed by atoms with E-state index < -0.39 is 12.1 Å². The van der Waals surface area contributed by atoms with Crippen molar-refractivity contribution >= 4 is 69.0 Å². The van der Waals surface area contributed by atoms with Crippen LogP contribution in [0.15, 0.2) is 24.3 Å². The minimum absolute atomic E-state index is 0. The molecule has 0 saturated carbocycles. The van der Waals surface area contributed by atoms with Gasteiger partial charge in [0.2, 0.25) is 0 Å². The number of aliphatic carboxylic acids is 1. The van der Waals surface area contributed by atoms with E-state index in [1.54, 1.807) is 18.2 Å². The number of carboxylic acid groups (broad SMARTS) is 1. The average Bonchev–Trinajstić information content (AvgIpc) is 2.84. The molecule has 1 aliphatic heterocycles. The van der Waals surface area contributed by atoms with Gasteiger partial charge in [0.25, 0.3) is 0 Å². The molecule has 0 radical (unpaired) electrons. The number of halogens is 1. The minimum atomic E-state index is -0.940. The van der Waals surface area contributed by atoms with Gasteiger partial charge in [0.15, 0.2) is 6.10 Å². The maximum atomic E-state index is 10.5. The van der Waals surface area contributed by atoms with Gasteiger partial charge in [-0.05, 0) is 6.07 Å². The SMILES string of the molecule is O=C(O)C1OC1c1ccccc1Cl.[KH]. The molecule has 1 aliphatic rings. The summed E-state index contributed by atoms with van der Waals surface area (Å²) in [6.45, 7) is 0. The third kappa shape index (κ3) is 2.58. The Labute approximate surface area is 129 Å². The Morgan fingerprint density at radius 3 is 2.57 bits per heavy atom. The summed E-state index contributed by atoms with van der Waals surface area (Å²) < 4.78 is 4.96. The van der Waals surface area contributed by atoms with Gasteiger partial charge >= 0.3 is 57.4 Å². The predicted molar refractivity (Wildman–Crippen MR) is 53.9 cm³/mol. The van der Waals surface area contributed by atoms with E-state index in [4.69, 9.17) is 21.4 Å². The fraction of sp³-hybridized carbons (Fsp3) is 0.222. The first-order chi connectivity index (χ1) is 6.20. The number of epoxide rings is 1. The molecule has 1 saturated heterocycles. The molecule has 0 aliphatic carbocycles. The number of benzene rings is 1. The van der Waals surface area contributed by atoms with Gasteiger partial charge in [-0.25, -0.2) is 4.79 Å². The molecule has 1 N–H and O–H groups in total. The molecule has 0 spiro atoms. The van der Waals surface area contributed by atoms with Crippen molar-refractivity contribution < 1.29 is 14.6 Å². The van der Waals surface area contributed by atoms with Crippen molar-refractivity contribution in [2.75, 3.05) is 0 Å². The van der Waals surface area contributed by atoms with Crippen LogP contribution in [0.25, 0.3) is 0 Å². The van der Waals surface area contributed by atoms with Crippen molar-refractivity contribution in [1.29, 1.82) is 0 Å². The molecule has 2 rings (SSSR count). The third-order valence-corrected chi connectivity index (χ3v) is 2.29. The second kappa shape index (κ2) is 5.07. The van der Waals surface area contributed by atoms with Gasteiger partial charge in [-0.1, -0.05) is 29.8 Å². The van der Waals surface area contributed by atoms with E-state index in [1.165, 1.54) is 0 Å². The standard InChI is InChI=1S/C9H7ClO3.K.H/c10-6-4-2-1-3-5(6)7-8(13-7)9(11)12;;/h1-4,7-8H,(H,11,12);;. The molecule has 70 valence electrons. The van der Waals surface area contributed by atoms with Gasteiger partial charge < -0.3 is 9.84 Å². The molecule has 14 heavy (non-hydrogen) atoms. The van der Waals surface area contributed by atoms with Gasteiger partial charge in [-0.3, -0.25) is 0 Å². The van der Waals surface area contributed by atoms with Gasteiger partial charge in [0, 0.05) is 10.6 Å². The summed E-state index contributed by atoms with van der Waals surface area (Å²) in [4.78, 5) is 10.5. The third-order valence-electron chi connectivity index (χ3n) is 1.95. The summed E-state index contributed by atoms with van der Waals surface area (Å²) in [6, 6.07) is 7.10. The number of hydrogen-bond acceptors (Lipinski definition) is 2. The van der Waals surface area contributed by atoms with Crippen LogP contribution in [0.4, 0.5) is 0 Å². The maximum absolute atomic E-state index is 10.5.